The molecular formula is C13H28NO+. The number of hydrogen-bond acceptors (Lipinski definition) is 1. The first-order valence-corrected chi connectivity index (χ1v) is 6.41. The van der Waals surface area contributed by atoms with Gasteiger partial charge in [-0.3, -0.25) is 0 Å². The molecule has 0 amide bonds. The van der Waals surface area contributed by atoms with E-state index in [1.807, 2.05) is 0 Å². The Balaban J connectivity index is 2.80. The summed E-state index contributed by atoms with van der Waals surface area (Å²) in [4.78, 5) is 0. The predicted octanol–water partition coefficient (Wildman–Crippen LogP) is 2.24. The van der Waals surface area contributed by atoms with E-state index in [9.17, 15) is 0 Å². The van der Waals surface area contributed by atoms with Crippen molar-refractivity contribution in [3.8, 4) is 0 Å². The maximum absolute atomic E-state index is 5.95. The SMILES string of the molecule is CC[C@]1(C)C[C@](CC[NH3+])(C(C)C)CCO1. The summed E-state index contributed by atoms with van der Waals surface area (Å²) in [6.45, 7) is 11.2. The minimum Gasteiger partial charge on any atom is -0.375 e. The van der Waals surface area contributed by atoms with E-state index in [1.54, 1.807) is 0 Å². The van der Waals surface area contributed by atoms with E-state index in [2.05, 4.69) is 33.4 Å². The molecule has 0 bridgehead atoms. The van der Waals surface area contributed by atoms with Crippen molar-refractivity contribution in [3.63, 3.8) is 0 Å². The fourth-order valence-electron chi connectivity index (χ4n) is 2.96. The maximum atomic E-state index is 5.95. The molecule has 0 aromatic carbocycles. The van der Waals surface area contributed by atoms with Crippen LogP contribution in [-0.4, -0.2) is 18.8 Å². The van der Waals surface area contributed by atoms with Crippen LogP contribution in [0.25, 0.3) is 0 Å². The van der Waals surface area contributed by atoms with Crippen LogP contribution in [0.1, 0.15) is 53.4 Å². The van der Waals surface area contributed by atoms with Gasteiger partial charge in [0.15, 0.2) is 0 Å². The van der Waals surface area contributed by atoms with Crippen LogP contribution in [0.2, 0.25) is 0 Å². The monoisotopic (exact) mass is 214 g/mol. The van der Waals surface area contributed by atoms with E-state index in [1.165, 1.54) is 19.3 Å². The molecule has 0 aliphatic carbocycles. The summed E-state index contributed by atoms with van der Waals surface area (Å²) in [6.07, 6.45) is 4.81. The van der Waals surface area contributed by atoms with Crippen LogP contribution in [0.4, 0.5) is 0 Å². The minimum atomic E-state index is 0.109. The maximum Gasteiger partial charge on any atom is 0.0745 e. The normalized spacial score (nSPS) is 37.2. The molecule has 1 aliphatic rings. The van der Waals surface area contributed by atoms with Crippen LogP contribution in [0.5, 0.6) is 0 Å². The Morgan fingerprint density at radius 2 is 2.07 bits per heavy atom. The lowest BCUT2D eigenvalue weighted by Crippen LogP contribution is -2.55. The molecule has 0 aromatic rings. The third-order valence-electron chi connectivity index (χ3n) is 4.42. The van der Waals surface area contributed by atoms with E-state index >= 15 is 0 Å². The minimum absolute atomic E-state index is 0.109. The summed E-state index contributed by atoms with van der Waals surface area (Å²) in [7, 11) is 0. The number of rotatable bonds is 4. The zero-order valence-electron chi connectivity index (χ0n) is 10.9. The summed E-state index contributed by atoms with van der Waals surface area (Å²) in [5.74, 6) is 0.744. The summed E-state index contributed by atoms with van der Waals surface area (Å²) in [6, 6.07) is 0. The van der Waals surface area contributed by atoms with Gasteiger partial charge in [-0.05, 0) is 37.5 Å². The molecule has 1 saturated heterocycles. The molecule has 2 atom stereocenters. The van der Waals surface area contributed by atoms with Gasteiger partial charge in [0, 0.05) is 13.0 Å². The molecule has 90 valence electrons. The number of ether oxygens (including phenoxy) is 1. The molecule has 0 saturated carbocycles. The molecule has 1 aliphatic heterocycles. The topological polar surface area (TPSA) is 36.9 Å². The molecule has 2 nitrogen and oxygen atoms in total. The summed E-state index contributed by atoms with van der Waals surface area (Å²) < 4.78 is 5.95. The van der Waals surface area contributed by atoms with Crippen LogP contribution in [-0.2, 0) is 4.74 Å². The van der Waals surface area contributed by atoms with Gasteiger partial charge in [0.05, 0.1) is 12.1 Å². The third kappa shape index (κ3) is 2.73. The quantitative estimate of drug-likeness (QED) is 0.765. The predicted molar refractivity (Wildman–Crippen MR) is 63.5 cm³/mol. The Kier molecular flexibility index (Phi) is 4.19. The third-order valence-corrected chi connectivity index (χ3v) is 4.42. The van der Waals surface area contributed by atoms with Gasteiger partial charge in [0.1, 0.15) is 0 Å². The highest BCUT2D eigenvalue weighted by atomic mass is 16.5. The van der Waals surface area contributed by atoms with Crippen molar-refractivity contribution in [2.75, 3.05) is 13.2 Å². The van der Waals surface area contributed by atoms with Crippen molar-refractivity contribution in [2.24, 2.45) is 11.3 Å². The van der Waals surface area contributed by atoms with Crippen LogP contribution in [0.3, 0.4) is 0 Å². The largest absolute Gasteiger partial charge is 0.375 e. The highest BCUT2D eigenvalue weighted by Gasteiger charge is 2.43. The first-order chi connectivity index (χ1) is 6.98. The highest BCUT2D eigenvalue weighted by molar-refractivity contribution is 4.93. The molecule has 3 N–H and O–H groups in total. The molecule has 0 unspecified atom stereocenters. The second-order valence-electron chi connectivity index (χ2n) is 5.70. The molecule has 0 radical (unpaired) electrons. The van der Waals surface area contributed by atoms with E-state index in [4.69, 9.17) is 4.74 Å². The molecule has 1 fully saturated rings. The average Bonchev–Trinajstić information content (AvgIpc) is 2.18. The van der Waals surface area contributed by atoms with Gasteiger partial charge in [-0.2, -0.15) is 0 Å². The molecule has 1 rings (SSSR count). The van der Waals surface area contributed by atoms with Crippen LogP contribution in [0, 0.1) is 11.3 Å². The molecule has 0 aromatic heterocycles. The van der Waals surface area contributed by atoms with Gasteiger partial charge in [-0.1, -0.05) is 20.8 Å². The summed E-state index contributed by atoms with van der Waals surface area (Å²) >= 11 is 0. The summed E-state index contributed by atoms with van der Waals surface area (Å²) in [5, 5.41) is 0. The smallest absolute Gasteiger partial charge is 0.0745 e. The van der Waals surface area contributed by atoms with Gasteiger partial charge in [-0.25, -0.2) is 0 Å². The zero-order chi connectivity index (χ0) is 11.5. The van der Waals surface area contributed by atoms with E-state index in [0.29, 0.717) is 5.41 Å². The Bertz CT molecular complexity index is 201. The second-order valence-corrected chi connectivity index (χ2v) is 5.70. The van der Waals surface area contributed by atoms with Gasteiger partial charge in [-0.15, -0.1) is 0 Å². The number of hydrogen-bond donors (Lipinski definition) is 1. The Morgan fingerprint density at radius 3 is 2.53 bits per heavy atom. The standard InChI is InChI=1S/C13H27NO/c1-5-12(4)10-13(6-8-14,11(2)3)7-9-15-12/h11H,5-10,14H2,1-4H3/p+1/t12-,13-/m1/s1. The molecule has 0 spiro atoms. The van der Waals surface area contributed by atoms with Crippen molar-refractivity contribution in [1.29, 1.82) is 0 Å². The Hall–Kier alpha value is -0.0800. The molecular weight excluding hydrogens is 186 g/mol. The van der Waals surface area contributed by atoms with Crippen molar-refractivity contribution < 1.29 is 10.5 Å². The highest BCUT2D eigenvalue weighted by Crippen LogP contribution is 2.47. The van der Waals surface area contributed by atoms with Gasteiger partial charge in [0.2, 0.25) is 0 Å². The zero-order valence-corrected chi connectivity index (χ0v) is 10.9. The molecule has 15 heavy (non-hydrogen) atoms. The summed E-state index contributed by atoms with van der Waals surface area (Å²) in [5.41, 5.74) is 4.63. The van der Waals surface area contributed by atoms with Crippen molar-refractivity contribution in [1.82, 2.24) is 0 Å². The fourth-order valence-corrected chi connectivity index (χ4v) is 2.96. The molecule has 2 heteroatoms. The Morgan fingerprint density at radius 1 is 1.40 bits per heavy atom. The van der Waals surface area contributed by atoms with Gasteiger partial charge >= 0.3 is 0 Å². The van der Waals surface area contributed by atoms with E-state index in [0.717, 1.165) is 25.5 Å². The van der Waals surface area contributed by atoms with E-state index in [-0.39, 0.29) is 5.60 Å². The lowest BCUT2D eigenvalue weighted by atomic mass is 9.64. The number of quaternary nitrogens is 1. The van der Waals surface area contributed by atoms with E-state index < -0.39 is 0 Å². The Labute approximate surface area is 94.6 Å². The van der Waals surface area contributed by atoms with Crippen molar-refractivity contribution >= 4 is 0 Å². The van der Waals surface area contributed by atoms with Crippen molar-refractivity contribution in [2.45, 2.75) is 59.0 Å². The van der Waals surface area contributed by atoms with Crippen LogP contribution >= 0.6 is 0 Å². The van der Waals surface area contributed by atoms with Crippen LogP contribution in [0.15, 0.2) is 0 Å². The lowest BCUT2D eigenvalue weighted by molar-refractivity contribution is -0.375. The van der Waals surface area contributed by atoms with Gasteiger partial charge < -0.3 is 10.5 Å². The second kappa shape index (κ2) is 4.84. The average molecular weight is 214 g/mol. The van der Waals surface area contributed by atoms with Crippen LogP contribution < -0.4 is 5.73 Å². The lowest BCUT2D eigenvalue weighted by Gasteiger charge is -2.48. The molecule has 1 heterocycles. The van der Waals surface area contributed by atoms with Crippen molar-refractivity contribution in [3.05, 3.63) is 0 Å². The van der Waals surface area contributed by atoms with Gasteiger partial charge in [0.25, 0.3) is 0 Å². The first kappa shape index (κ1) is 13.0. The first-order valence-electron chi connectivity index (χ1n) is 6.41. The fraction of sp³-hybridized carbons (Fsp3) is 1.00.